The number of imidazole rings is 1. The van der Waals surface area contributed by atoms with E-state index in [0.29, 0.717) is 12.5 Å². The lowest BCUT2D eigenvalue weighted by atomic mass is 10.0. The Kier molecular flexibility index (Phi) is 4.10. The van der Waals surface area contributed by atoms with Gasteiger partial charge < -0.3 is 10.3 Å². The first-order valence-corrected chi connectivity index (χ1v) is 8.38. The first-order chi connectivity index (χ1) is 12.7. The Morgan fingerprint density at radius 2 is 2.00 bits per heavy atom. The Morgan fingerprint density at radius 3 is 2.73 bits per heavy atom. The normalized spacial score (nSPS) is 10.8. The number of rotatable bonds is 4. The van der Waals surface area contributed by atoms with E-state index in [9.17, 15) is 4.79 Å². The van der Waals surface area contributed by atoms with Crippen LogP contribution in [-0.4, -0.2) is 32.3 Å². The van der Waals surface area contributed by atoms with Gasteiger partial charge in [-0.25, -0.2) is 14.5 Å². The first-order valence-electron chi connectivity index (χ1n) is 8.38. The third kappa shape index (κ3) is 3.02. The van der Waals surface area contributed by atoms with Gasteiger partial charge in [0.2, 0.25) is 5.95 Å². The van der Waals surface area contributed by atoms with Crippen LogP contribution in [0.5, 0.6) is 0 Å². The number of hydrogen-bond donors (Lipinski definition) is 3. The number of hydrogen-bond acceptors (Lipinski definition) is 3. The number of carbonyl (C=O) groups is 1. The third-order valence-electron chi connectivity index (χ3n) is 3.99. The molecule has 2 aromatic heterocycles. The zero-order valence-corrected chi connectivity index (χ0v) is 14.2. The first kappa shape index (κ1) is 15.9. The standard InChI is InChI=1S/C19H18N6O/c1-2-20-19(26)24-18-22-15-11-14(13-7-4-3-5-8-13)12-16(17(15)23-18)25-10-6-9-21-25/h3-12H,2H2,1H3,(H3,20,22,23,24,26). The number of nitrogens with one attached hydrogen (secondary N) is 3. The molecule has 0 aliphatic carbocycles. The molecule has 0 saturated heterocycles. The maximum atomic E-state index is 11.8. The largest absolute Gasteiger partial charge is 0.338 e. The minimum atomic E-state index is -0.296. The summed E-state index contributed by atoms with van der Waals surface area (Å²) in [5, 5.41) is 9.74. The minimum Gasteiger partial charge on any atom is -0.338 e. The van der Waals surface area contributed by atoms with Crippen LogP contribution < -0.4 is 10.6 Å². The van der Waals surface area contributed by atoms with Crippen molar-refractivity contribution >= 4 is 23.0 Å². The quantitative estimate of drug-likeness (QED) is 0.528. The Morgan fingerprint density at radius 1 is 1.15 bits per heavy atom. The zero-order chi connectivity index (χ0) is 17.9. The topological polar surface area (TPSA) is 87.6 Å². The van der Waals surface area contributed by atoms with Crippen molar-refractivity contribution in [3.8, 4) is 16.8 Å². The van der Waals surface area contributed by atoms with Gasteiger partial charge in [-0.1, -0.05) is 30.3 Å². The average Bonchev–Trinajstić information content (AvgIpc) is 3.31. The molecule has 0 unspecified atom stereocenters. The van der Waals surface area contributed by atoms with Crippen LogP contribution in [0.1, 0.15) is 6.92 Å². The number of aromatic nitrogens is 4. The number of anilines is 1. The summed E-state index contributed by atoms with van der Waals surface area (Å²) in [5.41, 5.74) is 4.53. The van der Waals surface area contributed by atoms with E-state index < -0.39 is 0 Å². The third-order valence-corrected chi connectivity index (χ3v) is 3.99. The fraction of sp³-hybridized carbons (Fsp3) is 0.105. The second kappa shape index (κ2) is 6.72. The van der Waals surface area contributed by atoms with Crippen molar-refractivity contribution in [1.82, 2.24) is 25.1 Å². The van der Waals surface area contributed by atoms with Crippen LogP contribution in [0.4, 0.5) is 10.7 Å². The summed E-state index contributed by atoms with van der Waals surface area (Å²) in [6.07, 6.45) is 3.59. The molecule has 4 rings (SSSR count). The van der Waals surface area contributed by atoms with E-state index >= 15 is 0 Å². The molecule has 0 radical (unpaired) electrons. The van der Waals surface area contributed by atoms with Crippen LogP contribution in [0, 0.1) is 0 Å². The predicted octanol–water partition coefficient (Wildman–Crippen LogP) is 3.56. The maximum absolute atomic E-state index is 11.8. The molecule has 2 aromatic carbocycles. The second-order valence-electron chi connectivity index (χ2n) is 5.78. The monoisotopic (exact) mass is 346 g/mol. The van der Waals surface area contributed by atoms with Gasteiger partial charge in [-0.05, 0) is 36.2 Å². The highest BCUT2D eigenvalue weighted by atomic mass is 16.2. The number of urea groups is 1. The summed E-state index contributed by atoms with van der Waals surface area (Å²) in [6.45, 7) is 2.41. The molecule has 0 bridgehead atoms. The molecule has 0 aliphatic heterocycles. The molecule has 2 amide bonds. The number of carbonyl (C=O) groups excluding carboxylic acids is 1. The molecule has 26 heavy (non-hydrogen) atoms. The highest BCUT2D eigenvalue weighted by Crippen LogP contribution is 2.29. The lowest BCUT2D eigenvalue weighted by Crippen LogP contribution is -2.28. The van der Waals surface area contributed by atoms with Gasteiger partial charge >= 0.3 is 6.03 Å². The van der Waals surface area contributed by atoms with E-state index in [1.54, 1.807) is 10.9 Å². The fourth-order valence-electron chi connectivity index (χ4n) is 2.85. The van der Waals surface area contributed by atoms with Crippen LogP contribution in [0.2, 0.25) is 0 Å². The fourth-order valence-corrected chi connectivity index (χ4v) is 2.85. The highest BCUT2D eigenvalue weighted by Gasteiger charge is 2.13. The van der Waals surface area contributed by atoms with Gasteiger partial charge in [0.25, 0.3) is 0 Å². The number of benzene rings is 2. The van der Waals surface area contributed by atoms with E-state index in [4.69, 9.17) is 0 Å². The van der Waals surface area contributed by atoms with Crippen LogP contribution in [0.3, 0.4) is 0 Å². The van der Waals surface area contributed by atoms with Gasteiger partial charge in [-0.15, -0.1) is 0 Å². The zero-order valence-electron chi connectivity index (χ0n) is 14.2. The van der Waals surface area contributed by atoms with E-state index in [-0.39, 0.29) is 6.03 Å². The van der Waals surface area contributed by atoms with Crippen molar-refractivity contribution in [2.45, 2.75) is 6.92 Å². The van der Waals surface area contributed by atoms with Crippen molar-refractivity contribution in [3.63, 3.8) is 0 Å². The molecule has 0 aliphatic rings. The van der Waals surface area contributed by atoms with Gasteiger partial charge in [0.05, 0.1) is 11.2 Å². The lowest BCUT2D eigenvalue weighted by molar-refractivity contribution is 0.252. The van der Waals surface area contributed by atoms with Gasteiger partial charge in [0.1, 0.15) is 5.52 Å². The lowest BCUT2D eigenvalue weighted by Gasteiger charge is -2.07. The summed E-state index contributed by atoms with van der Waals surface area (Å²) >= 11 is 0. The minimum absolute atomic E-state index is 0.296. The molecule has 0 fully saturated rings. The Labute approximate surface area is 150 Å². The average molecular weight is 346 g/mol. The molecule has 0 atom stereocenters. The summed E-state index contributed by atoms with van der Waals surface area (Å²) in [5.74, 6) is 0.393. The smallest absolute Gasteiger partial charge is 0.321 e. The Hall–Kier alpha value is -3.61. The molecule has 2 heterocycles. The predicted molar refractivity (Wildman–Crippen MR) is 101 cm³/mol. The Bertz CT molecular complexity index is 1040. The number of H-pyrrole nitrogens is 1. The number of amides is 2. The maximum Gasteiger partial charge on any atom is 0.321 e. The van der Waals surface area contributed by atoms with Crippen molar-refractivity contribution in [3.05, 3.63) is 60.9 Å². The number of fused-ring (bicyclic) bond motifs is 1. The number of nitrogens with zero attached hydrogens (tertiary/aromatic N) is 3. The number of aromatic amines is 1. The van der Waals surface area contributed by atoms with Crippen molar-refractivity contribution in [2.75, 3.05) is 11.9 Å². The van der Waals surface area contributed by atoms with Crippen LogP contribution >= 0.6 is 0 Å². The van der Waals surface area contributed by atoms with Gasteiger partial charge in [0, 0.05) is 18.9 Å². The molecular formula is C19H18N6O. The van der Waals surface area contributed by atoms with Crippen molar-refractivity contribution < 1.29 is 4.79 Å². The highest BCUT2D eigenvalue weighted by molar-refractivity contribution is 5.94. The molecular weight excluding hydrogens is 328 g/mol. The van der Waals surface area contributed by atoms with Gasteiger partial charge in [-0.3, -0.25) is 5.32 Å². The summed E-state index contributed by atoms with van der Waals surface area (Å²) in [4.78, 5) is 19.5. The second-order valence-corrected chi connectivity index (χ2v) is 5.78. The van der Waals surface area contributed by atoms with Crippen LogP contribution in [0.15, 0.2) is 60.9 Å². The van der Waals surface area contributed by atoms with Gasteiger partial charge in [-0.2, -0.15) is 5.10 Å². The van der Waals surface area contributed by atoms with Gasteiger partial charge in [0.15, 0.2) is 0 Å². The van der Waals surface area contributed by atoms with E-state index in [2.05, 4.69) is 37.8 Å². The molecule has 7 heteroatoms. The van der Waals surface area contributed by atoms with E-state index in [1.807, 2.05) is 49.5 Å². The van der Waals surface area contributed by atoms with Crippen LogP contribution in [-0.2, 0) is 0 Å². The summed E-state index contributed by atoms with van der Waals surface area (Å²) in [6, 6.07) is 15.7. The summed E-state index contributed by atoms with van der Waals surface area (Å²) in [7, 11) is 0. The molecule has 0 spiro atoms. The molecule has 3 N–H and O–H groups in total. The summed E-state index contributed by atoms with van der Waals surface area (Å²) < 4.78 is 1.77. The van der Waals surface area contributed by atoms with E-state index in [0.717, 1.165) is 27.8 Å². The van der Waals surface area contributed by atoms with E-state index in [1.165, 1.54) is 0 Å². The molecule has 7 nitrogen and oxygen atoms in total. The molecule has 0 saturated carbocycles. The van der Waals surface area contributed by atoms with Crippen molar-refractivity contribution in [2.24, 2.45) is 0 Å². The van der Waals surface area contributed by atoms with Crippen molar-refractivity contribution in [1.29, 1.82) is 0 Å². The molecule has 4 aromatic rings. The van der Waals surface area contributed by atoms with Crippen LogP contribution in [0.25, 0.3) is 27.8 Å². The SMILES string of the molecule is CCNC(=O)Nc1nc2c(-n3cccn3)cc(-c3ccccc3)cc2[nH]1. The Balaban J connectivity index is 1.85. The molecule has 130 valence electrons.